The molecule has 0 aromatic heterocycles. The molecule has 3 atom stereocenters. The van der Waals surface area contributed by atoms with E-state index in [1.807, 2.05) is 5.32 Å². The Kier molecular flexibility index (Phi) is 12.3. The van der Waals surface area contributed by atoms with Crippen LogP contribution in [-0.2, 0) is 19.2 Å². The van der Waals surface area contributed by atoms with Crippen molar-refractivity contribution < 1.29 is 29.4 Å². The zero-order valence-electron chi connectivity index (χ0n) is 15.1. The number of aliphatic imine (C=N–C) groups is 1. The molecular formula is C14H27N7O6S. The van der Waals surface area contributed by atoms with Gasteiger partial charge in [0.25, 0.3) is 0 Å². The number of nitrogens with zero attached hydrogens (tertiary/aromatic N) is 1. The highest BCUT2D eigenvalue weighted by Crippen LogP contribution is 2.01. The summed E-state index contributed by atoms with van der Waals surface area (Å²) in [7, 11) is 0. The fourth-order valence-electron chi connectivity index (χ4n) is 1.89. The van der Waals surface area contributed by atoms with Crippen LogP contribution < -0.4 is 33.2 Å². The van der Waals surface area contributed by atoms with Crippen LogP contribution >= 0.6 is 12.6 Å². The molecule has 160 valence electrons. The molecule has 0 aliphatic carbocycles. The fourth-order valence-corrected chi connectivity index (χ4v) is 2.05. The van der Waals surface area contributed by atoms with Gasteiger partial charge in [0.1, 0.15) is 18.6 Å². The Hall–Kier alpha value is -2.58. The van der Waals surface area contributed by atoms with Crippen molar-refractivity contribution in [2.24, 2.45) is 22.2 Å². The fraction of sp³-hybridized carbons (Fsp3) is 0.643. The maximum Gasteiger partial charge on any atom is 0.322 e. The second-order valence-corrected chi connectivity index (χ2v) is 6.02. The Morgan fingerprint density at radius 3 is 2.14 bits per heavy atom. The number of hydrogen-bond acceptors (Lipinski definition) is 8. The molecule has 0 saturated carbocycles. The quantitative estimate of drug-likeness (QED) is 0.0601. The number of nitrogens with two attached hydrogens (primary N) is 3. The summed E-state index contributed by atoms with van der Waals surface area (Å²) in [6.07, 6.45) is 0.434. The Balaban J connectivity index is 5.02. The molecule has 0 aromatic rings. The smallest absolute Gasteiger partial charge is 0.322 e. The molecular weight excluding hydrogens is 394 g/mol. The molecule has 0 radical (unpaired) electrons. The van der Waals surface area contributed by atoms with Crippen molar-refractivity contribution in [2.45, 2.75) is 31.0 Å². The van der Waals surface area contributed by atoms with E-state index in [0.29, 0.717) is 6.42 Å². The van der Waals surface area contributed by atoms with Crippen LogP contribution in [0.3, 0.4) is 0 Å². The summed E-state index contributed by atoms with van der Waals surface area (Å²) in [6, 6.07) is -3.44. The molecule has 14 heteroatoms. The number of rotatable bonds is 13. The Labute approximate surface area is 166 Å². The van der Waals surface area contributed by atoms with E-state index >= 15 is 0 Å². The van der Waals surface area contributed by atoms with E-state index in [4.69, 9.17) is 22.3 Å². The first-order valence-electron chi connectivity index (χ1n) is 8.25. The van der Waals surface area contributed by atoms with Crippen molar-refractivity contribution >= 4 is 42.3 Å². The highest BCUT2D eigenvalue weighted by molar-refractivity contribution is 7.80. The Morgan fingerprint density at radius 1 is 1.04 bits per heavy atom. The van der Waals surface area contributed by atoms with Crippen LogP contribution in [-0.4, -0.2) is 83.4 Å². The minimum atomic E-state index is -1.40. The van der Waals surface area contributed by atoms with Gasteiger partial charge in [-0.25, -0.2) is 0 Å². The summed E-state index contributed by atoms with van der Waals surface area (Å²) in [6.45, 7) is -1.26. The van der Waals surface area contributed by atoms with E-state index < -0.39 is 55.0 Å². The lowest BCUT2D eigenvalue weighted by Crippen LogP contribution is -2.57. The van der Waals surface area contributed by atoms with Gasteiger partial charge in [-0.1, -0.05) is 0 Å². The summed E-state index contributed by atoms with van der Waals surface area (Å²) >= 11 is 3.91. The molecule has 11 N–H and O–H groups in total. The van der Waals surface area contributed by atoms with Crippen LogP contribution in [0.4, 0.5) is 0 Å². The van der Waals surface area contributed by atoms with Crippen LogP contribution in [0.2, 0.25) is 0 Å². The molecule has 0 aromatic carbocycles. The predicted octanol–water partition coefficient (Wildman–Crippen LogP) is -4.54. The summed E-state index contributed by atoms with van der Waals surface area (Å²) in [4.78, 5) is 50.5. The molecule has 0 bridgehead atoms. The molecule has 3 unspecified atom stereocenters. The molecule has 13 nitrogen and oxygen atoms in total. The third-order valence-corrected chi connectivity index (χ3v) is 3.73. The maximum absolute atomic E-state index is 12.5. The highest BCUT2D eigenvalue weighted by atomic mass is 32.1. The zero-order valence-corrected chi connectivity index (χ0v) is 16.0. The molecule has 0 aliphatic rings. The van der Waals surface area contributed by atoms with Crippen LogP contribution in [0, 0.1) is 0 Å². The molecule has 0 spiro atoms. The number of hydrogen-bond donors (Lipinski definition) is 9. The van der Waals surface area contributed by atoms with Crippen LogP contribution in [0.5, 0.6) is 0 Å². The number of aliphatic carboxylic acids is 1. The van der Waals surface area contributed by atoms with E-state index in [2.05, 4.69) is 28.3 Å². The van der Waals surface area contributed by atoms with Gasteiger partial charge in [-0.2, -0.15) is 12.6 Å². The lowest BCUT2D eigenvalue weighted by Gasteiger charge is -2.23. The third-order valence-electron chi connectivity index (χ3n) is 3.34. The minimum Gasteiger partial charge on any atom is -0.480 e. The standard InChI is InChI=1S/C14H27N7O6S/c15-7(6-28)11(25)20-8(2-1-3-18-14(16)17)13(27)21-9(5-22)12(26)19-4-10(23)24/h7-9,22,28H,1-6,15H2,(H,19,26)(H,20,25)(H,21,27)(H,23,24)(H4,16,17,18). The predicted molar refractivity (Wildman–Crippen MR) is 103 cm³/mol. The van der Waals surface area contributed by atoms with Gasteiger partial charge in [0, 0.05) is 12.3 Å². The molecule has 0 rings (SSSR count). The normalized spacial score (nSPS) is 13.5. The largest absolute Gasteiger partial charge is 0.480 e. The number of aliphatic hydroxyl groups is 1. The van der Waals surface area contributed by atoms with Gasteiger partial charge in [-0.3, -0.25) is 24.2 Å². The van der Waals surface area contributed by atoms with E-state index in [1.54, 1.807) is 0 Å². The summed E-state index contributed by atoms with van der Waals surface area (Å²) in [5, 5.41) is 24.6. The van der Waals surface area contributed by atoms with E-state index in [9.17, 15) is 24.3 Å². The average Bonchev–Trinajstić information content (AvgIpc) is 2.64. The van der Waals surface area contributed by atoms with Crippen molar-refractivity contribution in [3.05, 3.63) is 0 Å². The second kappa shape index (κ2) is 13.6. The van der Waals surface area contributed by atoms with Gasteiger partial charge >= 0.3 is 5.97 Å². The lowest BCUT2D eigenvalue weighted by atomic mass is 10.1. The van der Waals surface area contributed by atoms with E-state index in [0.717, 1.165) is 0 Å². The lowest BCUT2D eigenvalue weighted by molar-refractivity contribution is -0.139. The molecule has 0 fully saturated rings. The van der Waals surface area contributed by atoms with Gasteiger partial charge < -0.3 is 43.4 Å². The van der Waals surface area contributed by atoms with Gasteiger partial charge in [0.05, 0.1) is 12.6 Å². The number of aliphatic hydroxyl groups excluding tert-OH is 1. The summed E-state index contributed by atoms with van der Waals surface area (Å²) in [5.74, 6) is -3.66. The van der Waals surface area contributed by atoms with Crippen molar-refractivity contribution in [3.8, 4) is 0 Å². The number of guanidine groups is 1. The second-order valence-electron chi connectivity index (χ2n) is 5.65. The Morgan fingerprint density at radius 2 is 1.64 bits per heavy atom. The van der Waals surface area contributed by atoms with Crippen LogP contribution in [0.25, 0.3) is 0 Å². The average molecular weight is 421 g/mol. The SMILES string of the molecule is NC(N)=NCCCC(NC(=O)C(N)CS)C(=O)NC(CO)C(=O)NCC(=O)O. The van der Waals surface area contributed by atoms with Crippen LogP contribution in [0.1, 0.15) is 12.8 Å². The summed E-state index contributed by atoms with van der Waals surface area (Å²) in [5.41, 5.74) is 16.0. The zero-order chi connectivity index (χ0) is 21.7. The van der Waals surface area contributed by atoms with Gasteiger partial charge in [0.2, 0.25) is 17.7 Å². The molecule has 28 heavy (non-hydrogen) atoms. The first-order chi connectivity index (χ1) is 13.1. The van der Waals surface area contributed by atoms with E-state index in [1.165, 1.54) is 0 Å². The summed E-state index contributed by atoms with van der Waals surface area (Å²) < 4.78 is 0. The van der Waals surface area contributed by atoms with Gasteiger partial charge in [-0.05, 0) is 12.8 Å². The van der Waals surface area contributed by atoms with Crippen molar-refractivity contribution in [1.29, 1.82) is 0 Å². The van der Waals surface area contributed by atoms with Gasteiger partial charge in [0.15, 0.2) is 5.96 Å². The number of carboxylic acid groups (broad SMARTS) is 1. The van der Waals surface area contributed by atoms with Crippen molar-refractivity contribution in [1.82, 2.24) is 16.0 Å². The van der Waals surface area contributed by atoms with Crippen LogP contribution in [0.15, 0.2) is 4.99 Å². The first-order valence-corrected chi connectivity index (χ1v) is 8.88. The number of thiol groups is 1. The van der Waals surface area contributed by atoms with E-state index in [-0.39, 0.29) is 24.7 Å². The minimum absolute atomic E-state index is 0.0467. The first kappa shape index (κ1) is 25.4. The maximum atomic E-state index is 12.5. The van der Waals surface area contributed by atoms with Crippen molar-refractivity contribution in [3.63, 3.8) is 0 Å². The molecule has 0 saturated heterocycles. The number of nitrogens with one attached hydrogen (secondary N) is 3. The topological polar surface area (TPSA) is 235 Å². The molecule has 0 aliphatic heterocycles. The van der Waals surface area contributed by atoms with Gasteiger partial charge in [-0.15, -0.1) is 0 Å². The highest BCUT2D eigenvalue weighted by Gasteiger charge is 2.27. The number of amides is 3. The molecule has 3 amide bonds. The Bertz CT molecular complexity index is 585. The number of carbonyl (C=O) groups excluding carboxylic acids is 3. The monoisotopic (exact) mass is 421 g/mol. The number of carboxylic acids is 1. The van der Waals surface area contributed by atoms with Crippen molar-refractivity contribution in [2.75, 3.05) is 25.4 Å². The number of carbonyl (C=O) groups is 4. The third kappa shape index (κ3) is 10.5. The molecule has 0 heterocycles.